The van der Waals surface area contributed by atoms with Crippen LogP contribution >= 0.6 is 0 Å². The van der Waals surface area contributed by atoms with Gasteiger partial charge in [0.25, 0.3) is 0 Å². The number of fused-ring (bicyclic) bond motifs is 12. The normalized spacial score (nSPS) is 15.4. The van der Waals surface area contributed by atoms with Crippen LogP contribution in [0.5, 0.6) is 5.75 Å². The van der Waals surface area contributed by atoms with Gasteiger partial charge in [-0.1, -0.05) is 121 Å². The number of benzene rings is 8. The minimum atomic E-state index is -0.157. The van der Waals surface area contributed by atoms with Crippen molar-refractivity contribution in [2.75, 3.05) is 0 Å². The molecule has 0 fully saturated rings. The van der Waals surface area contributed by atoms with Gasteiger partial charge in [-0.25, -0.2) is 4.99 Å². The highest BCUT2D eigenvalue weighted by molar-refractivity contribution is 6.29. The third-order valence-electron chi connectivity index (χ3n) is 10.3. The Labute approximate surface area is 287 Å². The summed E-state index contributed by atoms with van der Waals surface area (Å²) < 4.78 is 12.8. The van der Waals surface area contributed by atoms with E-state index < -0.39 is 0 Å². The molecule has 1 aromatic heterocycles. The van der Waals surface area contributed by atoms with E-state index in [1.807, 2.05) is 30.3 Å². The molecule has 2 aliphatic rings. The molecule has 1 atom stereocenters. The summed E-state index contributed by atoms with van der Waals surface area (Å²) in [6, 6.07) is 55.5. The maximum atomic E-state index is 6.50. The number of nitrogens with zero attached hydrogens (tertiary/aromatic N) is 1. The summed E-state index contributed by atoms with van der Waals surface area (Å²) in [4.78, 5) is 5.36. The molecule has 0 saturated carbocycles. The molecule has 50 heavy (non-hydrogen) atoms. The summed E-state index contributed by atoms with van der Waals surface area (Å²) >= 11 is 0. The zero-order valence-electron chi connectivity index (χ0n) is 26.9. The number of rotatable bonds is 3. The van der Waals surface area contributed by atoms with Crippen molar-refractivity contribution >= 4 is 65.8 Å². The molecule has 9 aromatic rings. The maximum absolute atomic E-state index is 6.50. The van der Waals surface area contributed by atoms with E-state index in [0.717, 1.165) is 72.8 Å². The maximum Gasteiger partial charge on any atom is 0.157 e. The zero-order chi connectivity index (χ0) is 32.8. The summed E-state index contributed by atoms with van der Waals surface area (Å²) in [7, 11) is 0. The first-order valence-corrected chi connectivity index (χ1v) is 17.0. The fraction of sp³-hybridized carbons (Fsp3) is 0.0217. The van der Waals surface area contributed by atoms with Gasteiger partial charge in [-0.05, 0) is 79.8 Å². The van der Waals surface area contributed by atoms with Gasteiger partial charge >= 0.3 is 0 Å². The quantitative estimate of drug-likeness (QED) is 0.196. The van der Waals surface area contributed by atoms with Crippen molar-refractivity contribution in [3.63, 3.8) is 0 Å². The van der Waals surface area contributed by atoms with E-state index in [2.05, 4.69) is 133 Å². The molecule has 0 bridgehead atoms. The van der Waals surface area contributed by atoms with Crippen LogP contribution in [0.25, 0.3) is 71.1 Å². The third-order valence-corrected chi connectivity index (χ3v) is 10.3. The Hall–Kier alpha value is -6.65. The third kappa shape index (κ3) is 3.96. The van der Waals surface area contributed by atoms with Crippen LogP contribution < -0.4 is 10.1 Å². The number of amidine groups is 1. The summed E-state index contributed by atoms with van der Waals surface area (Å²) in [5.41, 5.74) is 8.04. The van der Waals surface area contributed by atoms with Crippen LogP contribution in [0, 0.1) is 0 Å². The number of hydrogen-bond acceptors (Lipinski definition) is 4. The van der Waals surface area contributed by atoms with Gasteiger partial charge in [0.15, 0.2) is 5.76 Å². The van der Waals surface area contributed by atoms with Gasteiger partial charge in [0, 0.05) is 27.5 Å². The van der Waals surface area contributed by atoms with Crippen molar-refractivity contribution in [2.24, 2.45) is 4.99 Å². The molecule has 1 unspecified atom stereocenters. The Morgan fingerprint density at radius 2 is 1.12 bits per heavy atom. The molecule has 1 N–H and O–H groups in total. The number of furan rings is 1. The average molecular weight is 641 g/mol. The van der Waals surface area contributed by atoms with Gasteiger partial charge < -0.3 is 14.5 Å². The highest BCUT2D eigenvalue weighted by Gasteiger charge is 2.36. The van der Waals surface area contributed by atoms with Crippen LogP contribution in [-0.4, -0.2) is 5.84 Å². The Morgan fingerprint density at radius 3 is 1.96 bits per heavy atom. The summed E-state index contributed by atoms with van der Waals surface area (Å²) in [6.45, 7) is 0. The van der Waals surface area contributed by atoms with Crippen molar-refractivity contribution in [1.29, 1.82) is 0 Å². The summed E-state index contributed by atoms with van der Waals surface area (Å²) in [5, 5.41) is 13.4. The molecule has 0 aliphatic carbocycles. The average Bonchev–Trinajstić information content (AvgIpc) is 3.75. The molecule has 0 saturated heterocycles. The lowest BCUT2D eigenvalue weighted by atomic mass is 9.87. The molecular formula is C46H28N2O2. The number of para-hydroxylation sites is 2. The Morgan fingerprint density at radius 1 is 0.480 bits per heavy atom. The monoisotopic (exact) mass is 640 g/mol. The van der Waals surface area contributed by atoms with Gasteiger partial charge in [-0.2, -0.15) is 0 Å². The van der Waals surface area contributed by atoms with Crippen molar-refractivity contribution in [1.82, 2.24) is 5.32 Å². The molecule has 8 aromatic carbocycles. The second-order valence-corrected chi connectivity index (χ2v) is 13.1. The second kappa shape index (κ2) is 10.4. The van der Waals surface area contributed by atoms with E-state index in [9.17, 15) is 0 Å². The molecule has 0 spiro atoms. The smallest absolute Gasteiger partial charge is 0.157 e. The highest BCUT2D eigenvalue weighted by atomic mass is 16.5. The van der Waals surface area contributed by atoms with E-state index in [1.165, 1.54) is 32.3 Å². The minimum Gasteiger partial charge on any atom is -0.456 e. The van der Waals surface area contributed by atoms with Crippen molar-refractivity contribution in [3.05, 3.63) is 180 Å². The summed E-state index contributed by atoms with van der Waals surface area (Å²) in [6.07, 6.45) is 0. The molecule has 4 heteroatoms. The fourth-order valence-corrected chi connectivity index (χ4v) is 8.04. The standard InChI is InChI=1S/C46H28N2O2/c1-2-12-27(13-3-1)43-45-44(35-19-9-11-21-40(35)50-45)48-46(47-43)29-25-36(28-22-23-41-37(24-28)33-17-8-10-20-39(33)49-41)42-34-18-7-6-15-31(34)30-14-4-5-16-32(30)38(42)26-29/h1-26,44H,(H,47,48). The molecule has 4 nitrogen and oxygen atoms in total. The SMILES string of the molecule is c1ccc(C2=C3Oc4ccccc4C3NC(c3cc(-c4ccc5oc6ccccc6c5c4)c4c5ccccc5c5ccccc5c4c3)=N2)cc1. The molecule has 2 aliphatic heterocycles. The van der Waals surface area contributed by atoms with Gasteiger partial charge in [0.05, 0.1) is 0 Å². The van der Waals surface area contributed by atoms with Crippen LogP contribution in [0.15, 0.2) is 173 Å². The fourth-order valence-electron chi connectivity index (χ4n) is 8.04. The minimum absolute atomic E-state index is 0.157. The summed E-state index contributed by atoms with van der Waals surface area (Å²) in [5.74, 6) is 2.51. The number of ether oxygens (including phenoxy) is 1. The number of nitrogens with one attached hydrogen (secondary N) is 1. The van der Waals surface area contributed by atoms with Crippen LogP contribution in [0.3, 0.4) is 0 Å². The van der Waals surface area contributed by atoms with Gasteiger partial charge in [-0.15, -0.1) is 0 Å². The molecule has 0 amide bonds. The van der Waals surface area contributed by atoms with E-state index >= 15 is 0 Å². The highest BCUT2D eigenvalue weighted by Crippen LogP contribution is 2.46. The lowest BCUT2D eigenvalue weighted by Gasteiger charge is -2.25. The first-order chi connectivity index (χ1) is 24.8. The van der Waals surface area contributed by atoms with Crippen LogP contribution in [0.1, 0.15) is 22.7 Å². The van der Waals surface area contributed by atoms with Crippen molar-refractivity contribution in [3.8, 4) is 16.9 Å². The molecule has 3 heterocycles. The van der Waals surface area contributed by atoms with Gasteiger partial charge in [0.1, 0.15) is 34.5 Å². The molecule has 0 radical (unpaired) electrons. The largest absolute Gasteiger partial charge is 0.456 e. The van der Waals surface area contributed by atoms with Crippen molar-refractivity contribution in [2.45, 2.75) is 6.04 Å². The molecular weight excluding hydrogens is 613 g/mol. The van der Waals surface area contributed by atoms with E-state index in [4.69, 9.17) is 14.1 Å². The first kappa shape index (κ1) is 27.3. The van der Waals surface area contributed by atoms with E-state index in [0.29, 0.717) is 0 Å². The van der Waals surface area contributed by atoms with Gasteiger partial charge in [-0.3, -0.25) is 0 Å². The van der Waals surface area contributed by atoms with Crippen LogP contribution in [0.2, 0.25) is 0 Å². The Bertz CT molecular complexity index is 2930. The number of hydrogen-bond donors (Lipinski definition) is 1. The Kier molecular flexibility index (Phi) is 5.69. The lowest BCUT2D eigenvalue weighted by molar-refractivity contribution is 0.420. The predicted octanol–water partition coefficient (Wildman–Crippen LogP) is 11.6. The predicted molar refractivity (Wildman–Crippen MR) is 205 cm³/mol. The Balaban J connectivity index is 1.23. The number of aliphatic imine (C=N–C) groups is 1. The zero-order valence-corrected chi connectivity index (χ0v) is 26.9. The molecule has 11 rings (SSSR count). The lowest BCUT2D eigenvalue weighted by Crippen LogP contribution is -2.33. The van der Waals surface area contributed by atoms with Crippen molar-refractivity contribution < 1.29 is 9.15 Å². The van der Waals surface area contributed by atoms with Crippen LogP contribution in [0.4, 0.5) is 0 Å². The van der Waals surface area contributed by atoms with Gasteiger partial charge in [0.2, 0.25) is 0 Å². The van der Waals surface area contributed by atoms with E-state index in [1.54, 1.807) is 0 Å². The van der Waals surface area contributed by atoms with E-state index in [-0.39, 0.29) is 6.04 Å². The first-order valence-electron chi connectivity index (χ1n) is 17.0. The molecule has 234 valence electrons. The topological polar surface area (TPSA) is 46.8 Å². The van der Waals surface area contributed by atoms with Crippen LogP contribution in [-0.2, 0) is 0 Å². The second-order valence-electron chi connectivity index (χ2n) is 13.1.